The number of hydrogen-bond donors (Lipinski definition) is 1. The van der Waals surface area contributed by atoms with Crippen molar-refractivity contribution in [3.05, 3.63) is 37.7 Å². The third-order valence-electron chi connectivity index (χ3n) is 4.01. The van der Waals surface area contributed by atoms with Crippen molar-refractivity contribution in [1.82, 2.24) is 19.9 Å². The number of hydrogen-bond acceptors (Lipinski definition) is 6. The Morgan fingerprint density at radius 1 is 1.25 bits per heavy atom. The zero-order valence-electron chi connectivity index (χ0n) is 13.6. The summed E-state index contributed by atoms with van der Waals surface area (Å²) in [5.74, 6) is 0.224. The molecule has 0 unspecified atom stereocenters. The van der Waals surface area contributed by atoms with E-state index in [9.17, 15) is 13.6 Å². The number of nitrogens with one attached hydrogen (secondary N) is 1. The van der Waals surface area contributed by atoms with E-state index in [-0.39, 0.29) is 5.95 Å². The van der Waals surface area contributed by atoms with E-state index in [1.54, 1.807) is 11.3 Å². The molecular weight excluding hydrogens is 336 g/mol. The monoisotopic (exact) mass is 355 g/mol. The molecule has 0 aromatic carbocycles. The molecule has 0 atom stereocenters. The zero-order valence-corrected chi connectivity index (χ0v) is 14.4. The number of aromatic nitrogens is 3. The molecule has 1 aliphatic heterocycles. The number of halogens is 2. The van der Waals surface area contributed by atoms with Crippen molar-refractivity contribution in [2.45, 2.75) is 26.8 Å². The van der Waals surface area contributed by atoms with E-state index in [1.165, 1.54) is 4.88 Å². The number of H-pyrrole nitrogens is 1. The van der Waals surface area contributed by atoms with Crippen LogP contribution >= 0.6 is 11.3 Å². The summed E-state index contributed by atoms with van der Waals surface area (Å²) in [4.78, 5) is 27.8. The average molecular weight is 355 g/mol. The lowest BCUT2D eigenvalue weighted by molar-refractivity contribution is 0.145. The van der Waals surface area contributed by atoms with E-state index >= 15 is 0 Å². The van der Waals surface area contributed by atoms with E-state index < -0.39 is 17.7 Å². The van der Waals surface area contributed by atoms with Crippen LogP contribution < -0.4 is 10.5 Å². The first-order valence-corrected chi connectivity index (χ1v) is 8.53. The summed E-state index contributed by atoms with van der Waals surface area (Å²) in [6.07, 6.45) is -2.75. The van der Waals surface area contributed by atoms with Crippen LogP contribution in [-0.4, -0.2) is 46.0 Å². The van der Waals surface area contributed by atoms with Crippen LogP contribution in [0.1, 0.15) is 27.7 Å². The molecule has 6 nitrogen and oxygen atoms in total. The van der Waals surface area contributed by atoms with Crippen LogP contribution in [0.4, 0.5) is 14.7 Å². The molecule has 0 spiro atoms. The number of anilines is 1. The predicted octanol–water partition coefficient (Wildman–Crippen LogP) is 2.10. The highest BCUT2D eigenvalue weighted by molar-refractivity contribution is 7.11. The Bertz CT molecular complexity index is 767. The first-order chi connectivity index (χ1) is 11.4. The molecule has 24 heavy (non-hydrogen) atoms. The van der Waals surface area contributed by atoms with Gasteiger partial charge >= 0.3 is 0 Å². The molecule has 0 radical (unpaired) electrons. The maximum atomic E-state index is 12.8. The molecule has 1 fully saturated rings. The van der Waals surface area contributed by atoms with Gasteiger partial charge in [0.1, 0.15) is 5.69 Å². The summed E-state index contributed by atoms with van der Waals surface area (Å²) in [5, 5.41) is 1.06. The lowest BCUT2D eigenvalue weighted by atomic mass is 10.3. The minimum atomic E-state index is -2.75. The molecule has 2 aromatic rings. The molecule has 130 valence electrons. The summed E-state index contributed by atoms with van der Waals surface area (Å²) < 4.78 is 25.6. The van der Waals surface area contributed by atoms with Crippen LogP contribution in [0, 0.1) is 13.8 Å². The molecule has 9 heteroatoms. The number of piperazine rings is 1. The molecule has 1 N–H and O–H groups in total. The fourth-order valence-electron chi connectivity index (χ4n) is 2.77. The molecule has 1 saturated heterocycles. The summed E-state index contributed by atoms with van der Waals surface area (Å²) in [7, 11) is 0. The van der Waals surface area contributed by atoms with Crippen LogP contribution in [0.25, 0.3) is 0 Å². The molecule has 3 rings (SSSR count). The number of thiazole rings is 1. The molecular formula is C15H19F2N5OS. The van der Waals surface area contributed by atoms with Crippen LogP contribution in [0.3, 0.4) is 0 Å². The lowest BCUT2D eigenvalue weighted by Gasteiger charge is -2.34. The second kappa shape index (κ2) is 6.94. The van der Waals surface area contributed by atoms with Crippen molar-refractivity contribution in [3.8, 4) is 0 Å². The largest absolute Gasteiger partial charge is 0.340 e. The van der Waals surface area contributed by atoms with Gasteiger partial charge in [0.15, 0.2) is 0 Å². The highest BCUT2D eigenvalue weighted by Gasteiger charge is 2.21. The van der Waals surface area contributed by atoms with Gasteiger partial charge in [-0.2, -0.15) is 0 Å². The van der Waals surface area contributed by atoms with Gasteiger partial charge in [-0.3, -0.25) is 14.7 Å². The number of aryl methyl sites for hydroxylation is 2. The normalized spacial score (nSPS) is 16.1. The molecule has 3 heterocycles. The highest BCUT2D eigenvalue weighted by atomic mass is 32.1. The standard InChI is InChI=1S/C15H19F2N5OS/c1-9-12(24-10(2)18-9)8-21-3-5-22(6-4-21)15-19-11(14(16)17)7-13(23)20-15/h7,14H,3-6,8H2,1-2H3,(H,19,20,23). The minimum Gasteiger partial charge on any atom is -0.340 e. The van der Waals surface area contributed by atoms with Crippen LogP contribution in [0.2, 0.25) is 0 Å². The SMILES string of the molecule is Cc1nc(C)c(CN2CCN(c3nc(C(F)F)cc(=O)[nH]3)CC2)s1. The zero-order chi connectivity index (χ0) is 17.3. The number of nitrogens with zero attached hydrogens (tertiary/aromatic N) is 4. The first-order valence-electron chi connectivity index (χ1n) is 7.72. The van der Waals surface area contributed by atoms with E-state index in [0.29, 0.717) is 13.1 Å². The van der Waals surface area contributed by atoms with Gasteiger partial charge in [0.25, 0.3) is 12.0 Å². The first kappa shape index (κ1) is 17.0. The van der Waals surface area contributed by atoms with E-state index in [4.69, 9.17) is 0 Å². The van der Waals surface area contributed by atoms with E-state index in [1.807, 2.05) is 18.7 Å². The topological polar surface area (TPSA) is 65.1 Å². The Morgan fingerprint density at radius 3 is 2.54 bits per heavy atom. The van der Waals surface area contributed by atoms with Crippen molar-refractivity contribution in [2.75, 3.05) is 31.1 Å². The molecule has 0 bridgehead atoms. The molecule has 0 amide bonds. The Morgan fingerprint density at radius 2 is 1.96 bits per heavy atom. The molecule has 2 aromatic heterocycles. The number of aromatic amines is 1. The van der Waals surface area contributed by atoms with Crippen LogP contribution in [0.5, 0.6) is 0 Å². The van der Waals surface area contributed by atoms with E-state index in [2.05, 4.69) is 19.9 Å². The predicted molar refractivity (Wildman–Crippen MR) is 88.9 cm³/mol. The minimum absolute atomic E-state index is 0.224. The van der Waals surface area contributed by atoms with E-state index in [0.717, 1.165) is 36.4 Å². The van der Waals surface area contributed by atoms with Gasteiger partial charge in [-0.25, -0.2) is 18.7 Å². The lowest BCUT2D eigenvalue weighted by Crippen LogP contribution is -2.47. The third-order valence-corrected chi connectivity index (χ3v) is 5.07. The van der Waals surface area contributed by atoms with Gasteiger partial charge in [0.2, 0.25) is 5.95 Å². The highest BCUT2D eigenvalue weighted by Crippen LogP contribution is 2.21. The second-order valence-corrected chi connectivity index (χ2v) is 7.09. The summed E-state index contributed by atoms with van der Waals surface area (Å²) in [5.41, 5.74) is 0.0380. The van der Waals surface area contributed by atoms with Gasteiger partial charge in [-0.1, -0.05) is 0 Å². The Balaban J connectivity index is 1.65. The van der Waals surface area contributed by atoms with Gasteiger partial charge in [-0.15, -0.1) is 11.3 Å². The van der Waals surface area contributed by atoms with Gasteiger partial charge in [0, 0.05) is 43.7 Å². The molecule has 0 saturated carbocycles. The fourth-order valence-corrected chi connectivity index (χ4v) is 3.75. The molecule has 0 aliphatic carbocycles. The van der Waals surface area contributed by atoms with Crippen molar-refractivity contribution in [2.24, 2.45) is 0 Å². The summed E-state index contributed by atoms with van der Waals surface area (Å²) in [6.45, 7) is 7.67. The third kappa shape index (κ3) is 3.78. The Kier molecular flexibility index (Phi) is 4.91. The smallest absolute Gasteiger partial charge is 0.280 e. The van der Waals surface area contributed by atoms with Crippen molar-refractivity contribution < 1.29 is 8.78 Å². The number of rotatable bonds is 4. The van der Waals surface area contributed by atoms with Crippen LogP contribution in [0.15, 0.2) is 10.9 Å². The van der Waals surface area contributed by atoms with Gasteiger partial charge in [0.05, 0.1) is 10.7 Å². The summed E-state index contributed by atoms with van der Waals surface area (Å²) >= 11 is 1.70. The Hall–Kier alpha value is -1.87. The van der Waals surface area contributed by atoms with Gasteiger partial charge in [-0.05, 0) is 13.8 Å². The Labute approximate surface area is 142 Å². The van der Waals surface area contributed by atoms with Crippen LogP contribution in [-0.2, 0) is 6.54 Å². The average Bonchev–Trinajstić information content (AvgIpc) is 2.85. The maximum absolute atomic E-state index is 12.8. The summed E-state index contributed by atoms with van der Waals surface area (Å²) in [6, 6.07) is 0.847. The second-order valence-electron chi connectivity index (χ2n) is 5.80. The van der Waals surface area contributed by atoms with Crippen molar-refractivity contribution in [1.29, 1.82) is 0 Å². The van der Waals surface area contributed by atoms with Gasteiger partial charge < -0.3 is 4.90 Å². The molecule has 1 aliphatic rings. The fraction of sp³-hybridized carbons (Fsp3) is 0.533. The van der Waals surface area contributed by atoms with Crippen molar-refractivity contribution in [3.63, 3.8) is 0 Å². The number of alkyl halides is 2. The quantitative estimate of drug-likeness (QED) is 0.910. The maximum Gasteiger partial charge on any atom is 0.280 e. The van der Waals surface area contributed by atoms with Crippen molar-refractivity contribution >= 4 is 17.3 Å².